The predicted octanol–water partition coefficient (Wildman–Crippen LogP) is 7.18. The van der Waals surface area contributed by atoms with E-state index in [-0.39, 0.29) is 12.3 Å². The first-order valence-corrected chi connectivity index (χ1v) is 13.0. The lowest BCUT2D eigenvalue weighted by Crippen LogP contribution is -2.12. The standard InChI is InChI=1S/C25H18Cl2N4O2S2/c1-33-18-6-2-15(3-7-18)21-9-4-16(13-28)24(29-21)34-11-10-23(32)31-25-30-22(14-35-25)19-8-5-17(26)12-20(19)27/h2-9,12,14H,10-11H2,1H3,(H,30,31,32). The SMILES string of the molecule is COc1ccc(-c2ccc(C#N)c(SCCC(=O)Nc3nc(-c4ccc(Cl)cc4Cl)cs3)n2)cc1. The fraction of sp³-hybridized carbons (Fsp3) is 0.120. The van der Waals surface area contributed by atoms with Crippen molar-refractivity contribution in [3.8, 4) is 34.3 Å². The highest BCUT2D eigenvalue weighted by Gasteiger charge is 2.13. The molecule has 2 aromatic heterocycles. The zero-order valence-corrected chi connectivity index (χ0v) is 21.6. The summed E-state index contributed by atoms with van der Waals surface area (Å²) >= 11 is 14.9. The summed E-state index contributed by atoms with van der Waals surface area (Å²) in [5, 5.41) is 16.2. The van der Waals surface area contributed by atoms with E-state index in [1.807, 2.05) is 35.7 Å². The lowest BCUT2D eigenvalue weighted by molar-refractivity contribution is -0.115. The van der Waals surface area contributed by atoms with Crippen LogP contribution in [-0.4, -0.2) is 28.7 Å². The minimum Gasteiger partial charge on any atom is -0.497 e. The summed E-state index contributed by atoms with van der Waals surface area (Å²) < 4.78 is 5.20. The Morgan fingerprint density at radius 3 is 2.63 bits per heavy atom. The van der Waals surface area contributed by atoms with Crippen LogP contribution in [0.2, 0.25) is 10.0 Å². The van der Waals surface area contributed by atoms with Crippen LogP contribution >= 0.6 is 46.3 Å². The number of carbonyl (C=O) groups is 1. The molecule has 0 atom stereocenters. The van der Waals surface area contributed by atoms with Gasteiger partial charge in [0.15, 0.2) is 5.13 Å². The van der Waals surface area contributed by atoms with Gasteiger partial charge < -0.3 is 10.1 Å². The molecule has 2 aromatic carbocycles. The Kier molecular flexibility index (Phi) is 8.26. The number of rotatable bonds is 8. The maximum Gasteiger partial charge on any atom is 0.226 e. The van der Waals surface area contributed by atoms with E-state index in [0.717, 1.165) is 22.6 Å². The van der Waals surface area contributed by atoms with Crippen molar-refractivity contribution in [1.29, 1.82) is 5.26 Å². The number of amides is 1. The van der Waals surface area contributed by atoms with E-state index < -0.39 is 0 Å². The van der Waals surface area contributed by atoms with Gasteiger partial charge >= 0.3 is 0 Å². The summed E-state index contributed by atoms with van der Waals surface area (Å²) in [5.74, 6) is 1.04. The van der Waals surface area contributed by atoms with Gasteiger partial charge in [-0.05, 0) is 54.6 Å². The third kappa shape index (κ3) is 6.32. The van der Waals surface area contributed by atoms with E-state index >= 15 is 0 Å². The van der Waals surface area contributed by atoms with Crippen LogP contribution in [0.5, 0.6) is 5.75 Å². The Morgan fingerprint density at radius 1 is 1.11 bits per heavy atom. The minimum atomic E-state index is -0.176. The minimum absolute atomic E-state index is 0.176. The second kappa shape index (κ2) is 11.6. The Bertz CT molecular complexity index is 1400. The number of anilines is 1. The summed E-state index contributed by atoms with van der Waals surface area (Å²) in [7, 11) is 1.61. The number of thiazole rings is 1. The van der Waals surface area contributed by atoms with Gasteiger partial charge in [-0.2, -0.15) is 5.26 Å². The number of thioether (sulfide) groups is 1. The molecule has 2 heterocycles. The van der Waals surface area contributed by atoms with Crippen LogP contribution in [0.4, 0.5) is 5.13 Å². The number of carbonyl (C=O) groups excluding carboxylic acids is 1. The molecule has 1 N–H and O–H groups in total. The number of pyridine rings is 1. The zero-order chi connectivity index (χ0) is 24.8. The maximum absolute atomic E-state index is 12.5. The Balaban J connectivity index is 1.37. The molecule has 10 heteroatoms. The molecule has 0 aliphatic heterocycles. The number of hydrogen-bond acceptors (Lipinski definition) is 7. The first-order valence-electron chi connectivity index (χ1n) is 10.4. The zero-order valence-electron chi connectivity index (χ0n) is 18.4. The lowest BCUT2D eigenvalue weighted by Gasteiger charge is -2.08. The van der Waals surface area contributed by atoms with Gasteiger partial charge in [0.2, 0.25) is 5.91 Å². The number of aromatic nitrogens is 2. The van der Waals surface area contributed by atoms with Crippen molar-refractivity contribution in [2.24, 2.45) is 0 Å². The predicted molar refractivity (Wildman–Crippen MR) is 142 cm³/mol. The van der Waals surface area contributed by atoms with Crippen LogP contribution in [0, 0.1) is 11.3 Å². The molecule has 0 saturated heterocycles. The van der Waals surface area contributed by atoms with E-state index in [9.17, 15) is 10.1 Å². The van der Waals surface area contributed by atoms with Crippen molar-refractivity contribution in [3.05, 3.63) is 75.6 Å². The first kappa shape index (κ1) is 25.0. The number of hydrogen-bond donors (Lipinski definition) is 1. The summed E-state index contributed by atoms with van der Waals surface area (Å²) in [6, 6.07) is 18.4. The van der Waals surface area contributed by atoms with E-state index in [1.54, 1.807) is 31.4 Å². The molecule has 0 radical (unpaired) electrons. The molecule has 0 saturated carbocycles. The molecule has 4 aromatic rings. The molecule has 6 nitrogen and oxygen atoms in total. The fourth-order valence-electron chi connectivity index (χ4n) is 3.13. The van der Waals surface area contributed by atoms with Gasteiger partial charge in [-0.3, -0.25) is 4.79 Å². The molecule has 176 valence electrons. The van der Waals surface area contributed by atoms with E-state index in [2.05, 4.69) is 21.4 Å². The van der Waals surface area contributed by atoms with Gasteiger partial charge in [0, 0.05) is 33.7 Å². The summed E-state index contributed by atoms with van der Waals surface area (Å²) in [6.07, 6.45) is 0.237. The van der Waals surface area contributed by atoms with Crippen LogP contribution in [0.15, 0.2) is 65.0 Å². The Labute approximate surface area is 220 Å². The van der Waals surface area contributed by atoms with Crippen LogP contribution in [0.1, 0.15) is 12.0 Å². The highest BCUT2D eigenvalue weighted by Crippen LogP contribution is 2.32. The first-order chi connectivity index (χ1) is 17.0. The smallest absolute Gasteiger partial charge is 0.226 e. The average Bonchev–Trinajstić information content (AvgIpc) is 3.32. The number of methoxy groups -OCH3 is 1. The maximum atomic E-state index is 12.5. The average molecular weight is 541 g/mol. The number of halogens is 2. The van der Waals surface area contributed by atoms with Gasteiger partial charge in [0.05, 0.1) is 29.1 Å². The van der Waals surface area contributed by atoms with Crippen molar-refractivity contribution in [2.45, 2.75) is 11.4 Å². The third-order valence-electron chi connectivity index (χ3n) is 4.89. The van der Waals surface area contributed by atoms with E-state index in [0.29, 0.717) is 37.2 Å². The molecular weight excluding hydrogens is 523 g/mol. The topological polar surface area (TPSA) is 87.9 Å². The van der Waals surface area contributed by atoms with Crippen molar-refractivity contribution in [1.82, 2.24) is 9.97 Å². The van der Waals surface area contributed by atoms with Gasteiger partial charge in [-0.25, -0.2) is 9.97 Å². The molecule has 0 unspecified atom stereocenters. The molecular formula is C25H18Cl2N4O2S2. The molecule has 0 bridgehead atoms. The van der Waals surface area contributed by atoms with Crippen molar-refractivity contribution >= 4 is 57.3 Å². The molecule has 1 amide bonds. The third-order valence-corrected chi connectivity index (χ3v) is 7.19. The number of nitrogens with one attached hydrogen (secondary N) is 1. The molecule has 0 aliphatic rings. The van der Waals surface area contributed by atoms with Crippen molar-refractivity contribution in [2.75, 3.05) is 18.2 Å². The highest BCUT2D eigenvalue weighted by atomic mass is 35.5. The van der Waals surface area contributed by atoms with Crippen LogP contribution in [0.25, 0.3) is 22.5 Å². The summed E-state index contributed by atoms with van der Waals surface area (Å²) in [6.45, 7) is 0. The van der Waals surface area contributed by atoms with Gasteiger partial charge in [-0.15, -0.1) is 23.1 Å². The number of ether oxygens (including phenoxy) is 1. The summed E-state index contributed by atoms with van der Waals surface area (Å²) in [5.41, 5.74) is 3.54. The summed E-state index contributed by atoms with van der Waals surface area (Å²) in [4.78, 5) is 21.6. The van der Waals surface area contributed by atoms with Crippen LogP contribution in [-0.2, 0) is 4.79 Å². The highest BCUT2D eigenvalue weighted by molar-refractivity contribution is 7.99. The van der Waals surface area contributed by atoms with Crippen molar-refractivity contribution < 1.29 is 9.53 Å². The van der Waals surface area contributed by atoms with Crippen LogP contribution in [0.3, 0.4) is 0 Å². The van der Waals surface area contributed by atoms with Gasteiger partial charge in [0.25, 0.3) is 0 Å². The molecule has 35 heavy (non-hydrogen) atoms. The normalized spacial score (nSPS) is 10.6. The molecule has 0 spiro atoms. The fourth-order valence-corrected chi connectivity index (χ4v) is 5.28. The molecule has 0 fully saturated rings. The van der Waals surface area contributed by atoms with Gasteiger partial charge in [0.1, 0.15) is 16.8 Å². The van der Waals surface area contributed by atoms with Crippen LogP contribution < -0.4 is 10.1 Å². The molecule has 0 aliphatic carbocycles. The second-order valence-corrected chi connectivity index (χ2v) is 9.98. The van der Waals surface area contributed by atoms with E-state index in [4.69, 9.17) is 27.9 Å². The Morgan fingerprint density at radius 2 is 1.91 bits per heavy atom. The number of benzene rings is 2. The quantitative estimate of drug-likeness (QED) is 0.238. The monoisotopic (exact) mass is 540 g/mol. The number of nitrogens with zero attached hydrogens (tertiary/aromatic N) is 3. The van der Waals surface area contributed by atoms with Gasteiger partial charge in [-0.1, -0.05) is 23.2 Å². The number of nitriles is 1. The van der Waals surface area contributed by atoms with E-state index in [1.165, 1.54) is 23.1 Å². The second-order valence-electron chi connectivity index (χ2n) is 7.20. The lowest BCUT2D eigenvalue weighted by atomic mass is 10.1. The van der Waals surface area contributed by atoms with Crippen molar-refractivity contribution in [3.63, 3.8) is 0 Å². The Hall–Kier alpha value is -3.09. The largest absolute Gasteiger partial charge is 0.497 e. The molecule has 4 rings (SSSR count).